The van der Waals surface area contributed by atoms with Gasteiger partial charge in [0.1, 0.15) is 0 Å². The molecule has 0 nitrogen and oxygen atoms in total. The number of allylic oxidation sites excluding steroid dienone is 1. The van der Waals surface area contributed by atoms with E-state index >= 15 is 0 Å². The fourth-order valence-corrected chi connectivity index (χ4v) is 1.57. The number of rotatable bonds is 6. The highest BCUT2D eigenvalue weighted by Gasteiger charge is 1.95. The fourth-order valence-electron chi connectivity index (χ4n) is 1.57. The van der Waals surface area contributed by atoms with Crippen LogP contribution in [0.1, 0.15) is 37.3 Å². The molecular weight excluding hydrogens is 168 g/mol. The fraction of sp³-hybridized carbons (Fsp3) is 0.429. The quantitative estimate of drug-likeness (QED) is 0.467. The minimum absolute atomic E-state index is 0.968. The summed E-state index contributed by atoms with van der Waals surface area (Å²) in [6.07, 6.45) is 7.97. The van der Waals surface area contributed by atoms with Crippen LogP contribution < -0.4 is 0 Å². The van der Waals surface area contributed by atoms with Crippen molar-refractivity contribution in [1.82, 2.24) is 0 Å². The van der Waals surface area contributed by atoms with E-state index in [1.54, 1.807) is 0 Å². The second-order valence-corrected chi connectivity index (χ2v) is 3.67. The van der Waals surface area contributed by atoms with Crippen molar-refractivity contribution in [1.29, 1.82) is 0 Å². The van der Waals surface area contributed by atoms with Crippen molar-refractivity contribution >= 4 is 0 Å². The highest BCUT2D eigenvalue weighted by Crippen LogP contribution is 2.09. The first-order chi connectivity index (χ1) is 6.86. The van der Waals surface area contributed by atoms with Crippen molar-refractivity contribution in [2.24, 2.45) is 0 Å². The van der Waals surface area contributed by atoms with Crippen LogP contribution >= 0.6 is 0 Å². The molecule has 1 aromatic carbocycles. The Kier molecular flexibility index (Phi) is 5.06. The Labute approximate surface area is 87.7 Å². The summed E-state index contributed by atoms with van der Waals surface area (Å²) >= 11 is 0. The molecule has 0 aromatic heterocycles. The van der Waals surface area contributed by atoms with Gasteiger partial charge in [0.2, 0.25) is 0 Å². The molecule has 1 aromatic rings. The van der Waals surface area contributed by atoms with Gasteiger partial charge in [-0.3, -0.25) is 0 Å². The van der Waals surface area contributed by atoms with E-state index in [0.29, 0.717) is 0 Å². The summed E-state index contributed by atoms with van der Waals surface area (Å²) in [5.41, 5.74) is 2.70. The number of hydrogen-bond donors (Lipinski definition) is 0. The first-order valence-corrected chi connectivity index (χ1v) is 5.47. The third kappa shape index (κ3) is 3.78. The van der Waals surface area contributed by atoms with Gasteiger partial charge in [0, 0.05) is 0 Å². The van der Waals surface area contributed by atoms with Gasteiger partial charge >= 0.3 is 0 Å². The maximum absolute atomic E-state index is 3.75. The van der Waals surface area contributed by atoms with Gasteiger partial charge in [-0.05, 0) is 36.5 Å². The maximum atomic E-state index is 3.75. The molecule has 0 spiro atoms. The van der Waals surface area contributed by atoms with E-state index in [-0.39, 0.29) is 0 Å². The average Bonchev–Trinajstić information content (AvgIpc) is 2.19. The monoisotopic (exact) mass is 187 g/mol. The summed E-state index contributed by atoms with van der Waals surface area (Å²) in [5.74, 6) is 0. The van der Waals surface area contributed by atoms with Gasteiger partial charge in [0.05, 0.1) is 0 Å². The maximum Gasteiger partial charge on any atom is -0.0100 e. The van der Waals surface area contributed by atoms with Gasteiger partial charge < -0.3 is 0 Å². The molecule has 75 valence electrons. The number of benzene rings is 1. The summed E-state index contributed by atoms with van der Waals surface area (Å²) < 4.78 is 0. The summed E-state index contributed by atoms with van der Waals surface area (Å²) in [7, 11) is 0. The van der Waals surface area contributed by atoms with Crippen LogP contribution in [0.5, 0.6) is 0 Å². The zero-order valence-corrected chi connectivity index (χ0v) is 9.05. The van der Waals surface area contributed by atoms with E-state index in [1.807, 2.05) is 12.1 Å². The summed E-state index contributed by atoms with van der Waals surface area (Å²) in [6.45, 7) is 5.98. The Bertz CT molecular complexity index is 273. The van der Waals surface area contributed by atoms with Gasteiger partial charge in [0.15, 0.2) is 0 Å². The first-order valence-electron chi connectivity index (χ1n) is 5.47. The molecule has 14 heavy (non-hydrogen) atoms. The summed E-state index contributed by atoms with van der Waals surface area (Å²) in [4.78, 5) is 0. The topological polar surface area (TPSA) is 0 Å². The molecule has 1 rings (SSSR count). The molecule has 0 saturated carbocycles. The van der Waals surface area contributed by atoms with Crippen LogP contribution in [0.25, 0.3) is 0 Å². The number of aryl methyl sites for hydroxylation is 1. The van der Waals surface area contributed by atoms with Crippen LogP contribution in [0, 0.1) is 6.07 Å². The smallest absolute Gasteiger partial charge is 0.0100 e. The van der Waals surface area contributed by atoms with Crippen LogP contribution in [-0.2, 0) is 12.8 Å². The van der Waals surface area contributed by atoms with Crippen molar-refractivity contribution in [3.05, 3.63) is 48.0 Å². The lowest BCUT2D eigenvalue weighted by atomic mass is 10.0. The second kappa shape index (κ2) is 6.42. The molecular formula is C14H19. The van der Waals surface area contributed by atoms with Gasteiger partial charge in [-0.2, -0.15) is 0 Å². The van der Waals surface area contributed by atoms with E-state index in [0.717, 1.165) is 6.42 Å². The zero-order valence-electron chi connectivity index (χ0n) is 9.05. The molecule has 0 bridgehead atoms. The summed E-state index contributed by atoms with van der Waals surface area (Å²) in [6, 6.07) is 9.68. The molecule has 1 radical (unpaired) electrons. The lowest BCUT2D eigenvalue weighted by Crippen LogP contribution is -1.88. The predicted molar refractivity (Wildman–Crippen MR) is 62.4 cm³/mol. The zero-order chi connectivity index (χ0) is 10.2. The van der Waals surface area contributed by atoms with Crippen molar-refractivity contribution in [2.75, 3.05) is 0 Å². The van der Waals surface area contributed by atoms with Crippen LogP contribution in [0.2, 0.25) is 0 Å². The average molecular weight is 187 g/mol. The normalized spacial score (nSPS) is 10.1. The highest BCUT2D eigenvalue weighted by atomic mass is 14.0. The lowest BCUT2D eigenvalue weighted by molar-refractivity contribution is 0.716. The summed E-state index contributed by atoms with van der Waals surface area (Å²) in [5, 5.41) is 0. The first kappa shape index (κ1) is 11.0. The molecule has 0 aliphatic carbocycles. The van der Waals surface area contributed by atoms with Crippen molar-refractivity contribution in [3.8, 4) is 0 Å². The van der Waals surface area contributed by atoms with Gasteiger partial charge in [-0.25, -0.2) is 0 Å². The molecule has 0 aliphatic rings. The Hall–Kier alpha value is -1.04. The Morgan fingerprint density at radius 3 is 3.00 bits per heavy atom. The minimum Gasteiger partial charge on any atom is -0.103 e. The molecule has 0 saturated heterocycles. The van der Waals surface area contributed by atoms with Crippen LogP contribution in [-0.4, -0.2) is 0 Å². The molecule has 0 unspecified atom stereocenters. The van der Waals surface area contributed by atoms with Gasteiger partial charge in [-0.15, -0.1) is 6.58 Å². The Balaban J connectivity index is 2.50. The Morgan fingerprint density at radius 2 is 2.29 bits per heavy atom. The molecule has 0 N–H and O–H groups in total. The van der Waals surface area contributed by atoms with Gasteiger partial charge in [-0.1, -0.05) is 44.0 Å². The van der Waals surface area contributed by atoms with E-state index in [1.165, 1.54) is 36.8 Å². The second-order valence-electron chi connectivity index (χ2n) is 3.67. The third-order valence-corrected chi connectivity index (χ3v) is 2.36. The molecule has 0 amide bonds. The molecule has 0 fully saturated rings. The van der Waals surface area contributed by atoms with Gasteiger partial charge in [0.25, 0.3) is 0 Å². The molecule has 0 heteroatoms. The van der Waals surface area contributed by atoms with E-state index < -0.39 is 0 Å². The van der Waals surface area contributed by atoms with Crippen LogP contribution in [0.3, 0.4) is 0 Å². The van der Waals surface area contributed by atoms with Crippen molar-refractivity contribution in [3.63, 3.8) is 0 Å². The van der Waals surface area contributed by atoms with E-state index in [9.17, 15) is 0 Å². The number of unbranched alkanes of at least 4 members (excludes halogenated alkanes) is 2. The predicted octanol–water partition coefficient (Wildman–Crippen LogP) is 3.95. The molecule has 0 aliphatic heterocycles. The van der Waals surface area contributed by atoms with Crippen molar-refractivity contribution in [2.45, 2.75) is 39.0 Å². The van der Waals surface area contributed by atoms with E-state index in [2.05, 4.69) is 31.7 Å². The SMILES string of the molecule is C=CCc1cc[c]c(CCCCC)c1. The number of hydrogen-bond acceptors (Lipinski definition) is 0. The standard InChI is InChI=1S/C14H19/c1-3-5-6-9-14-11-7-10-13(12-14)8-4-2/h4,7,10,12H,2-3,5-6,8-9H2,1H3. The van der Waals surface area contributed by atoms with Crippen LogP contribution in [0.4, 0.5) is 0 Å². The van der Waals surface area contributed by atoms with Crippen molar-refractivity contribution < 1.29 is 0 Å². The van der Waals surface area contributed by atoms with Crippen LogP contribution in [0.15, 0.2) is 30.9 Å². The minimum atomic E-state index is 0.968. The third-order valence-electron chi connectivity index (χ3n) is 2.36. The highest BCUT2D eigenvalue weighted by molar-refractivity contribution is 5.23. The van der Waals surface area contributed by atoms with E-state index in [4.69, 9.17) is 0 Å². The Morgan fingerprint density at radius 1 is 1.43 bits per heavy atom. The lowest BCUT2D eigenvalue weighted by Gasteiger charge is -2.02. The largest absolute Gasteiger partial charge is 0.103 e. The molecule has 0 atom stereocenters. The molecule has 0 heterocycles.